The van der Waals surface area contributed by atoms with E-state index in [0.717, 1.165) is 27.6 Å². The summed E-state index contributed by atoms with van der Waals surface area (Å²) in [6.07, 6.45) is 1.58. The summed E-state index contributed by atoms with van der Waals surface area (Å²) in [4.78, 5) is 29.8. The van der Waals surface area contributed by atoms with Crippen LogP contribution in [0.2, 0.25) is 0 Å². The Morgan fingerprint density at radius 1 is 0.795 bits per heavy atom. The van der Waals surface area contributed by atoms with E-state index in [0.29, 0.717) is 18.7 Å². The van der Waals surface area contributed by atoms with E-state index < -0.39 is 28.5 Å². The predicted octanol–water partition coefficient (Wildman–Crippen LogP) is 6.37. The fourth-order valence-electron chi connectivity index (χ4n) is 4.99. The number of anilines is 1. The number of benzene rings is 4. The van der Waals surface area contributed by atoms with Crippen LogP contribution in [0.25, 0.3) is 0 Å². The quantitative estimate of drug-likeness (QED) is 0.168. The lowest BCUT2D eigenvalue weighted by atomic mass is 10.0. The predicted molar refractivity (Wildman–Crippen MR) is 179 cm³/mol. The van der Waals surface area contributed by atoms with Crippen LogP contribution in [0, 0.1) is 0 Å². The van der Waals surface area contributed by atoms with Gasteiger partial charge in [-0.3, -0.25) is 13.9 Å². The van der Waals surface area contributed by atoms with Gasteiger partial charge in [0.2, 0.25) is 11.8 Å². The maximum atomic E-state index is 14.5. The summed E-state index contributed by atoms with van der Waals surface area (Å²) in [5.41, 5.74) is 2.93. The molecule has 2 amide bonds. The number of amides is 2. The van der Waals surface area contributed by atoms with Crippen LogP contribution in [0.4, 0.5) is 5.69 Å². The van der Waals surface area contributed by atoms with Crippen molar-refractivity contribution in [2.75, 3.05) is 17.4 Å². The molecule has 0 aliphatic rings. The lowest BCUT2D eigenvalue weighted by Gasteiger charge is -2.34. The SMILES string of the molecule is CCCNC(=O)C(Cc1ccccc1)N(Cc1ccc(Br)cc1)C(=O)CN(c1ccccc1CC)S(=O)(=O)c1ccccc1. The molecule has 1 unspecified atom stereocenters. The monoisotopic (exact) mass is 675 g/mol. The zero-order valence-electron chi connectivity index (χ0n) is 25.0. The van der Waals surface area contributed by atoms with Gasteiger partial charge in [-0.1, -0.05) is 109 Å². The lowest BCUT2D eigenvalue weighted by Crippen LogP contribution is -2.53. The third-order valence-corrected chi connectivity index (χ3v) is 9.64. The molecule has 230 valence electrons. The fourth-order valence-corrected chi connectivity index (χ4v) is 6.73. The van der Waals surface area contributed by atoms with Gasteiger partial charge in [-0.2, -0.15) is 0 Å². The highest BCUT2D eigenvalue weighted by molar-refractivity contribution is 9.10. The van der Waals surface area contributed by atoms with Crippen molar-refractivity contribution in [1.82, 2.24) is 10.2 Å². The zero-order chi connectivity index (χ0) is 31.5. The second-order valence-electron chi connectivity index (χ2n) is 10.5. The van der Waals surface area contributed by atoms with Gasteiger partial charge in [0.15, 0.2) is 0 Å². The number of para-hydroxylation sites is 1. The smallest absolute Gasteiger partial charge is 0.264 e. The van der Waals surface area contributed by atoms with Crippen molar-refractivity contribution < 1.29 is 18.0 Å². The minimum atomic E-state index is -4.13. The Bertz CT molecular complexity index is 1630. The average molecular weight is 677 g/mol. The third-order valence-electron chi connectivity index (χ3n) is 7.34. The molecule has 44 heavy (non-hydrogen) atoms. The standard InChI is InChI=1S/C35H38BrN3O4S/c1-3-23-37-35(41)33(24-27-13-7-5-8-14-27)38(25-28-19-21-30(36)22-20-28)34(40)26-39(32-18-12-11-15-29(32)4-2)44(42,43)31-16-9-6-10-17-31/h5-22,33H,3-4,23-26H2,1-2H3,(H,37,41). The number of carbonyl (C=O) groups is 2. The molecule has 0 heterocycles. The van der Waals surface area contributed by atoms with Crippen LogP contribution in [-0.2, 0) is 39.0 Å². The van der Waals surface area contributed by atoms with Crippen molar-refractivity contribution >= 4 is 43.5 Å². The summed E-state index contributed by atoms with van der Waals surface area (Å²) in [5, 5.41) is 2.97. The first-order valence-corrected chi connectivity index (χ1v) is 17.0. The molecule has 4 rings (SSSR count). The number of rotatable bonds is 14. The van der Waals surface area contributed by atoms with Crippen LogP contribution in [0.15, 0.2) is 119 Å². The zero-order valence-corrected chi connectivity index (χ0v) is 27.4. The highest BCUT2D eigenvalue weighted by atomic mass is 79.9. The van der Waals surface area contributed by atoms with Crippen molar-refractivity contribution in [3.63, 3.8) is 0 Å². The van der Waals surface area contributed by atoms with E-state index in [2.05, 4.69) is 21.2 Å². The highest BCUT2D eigenvalue weighted by Crippen LogP contribution is 2.28. The van der Waals surface area contributed by atoms with Crippen molar-refractivity contribution in [3.8, 4) is 0 Å². The van der Waals surface area contributed by atoms with Crippen LogP contribution in [-0.4, -0.2) is 44.3 Å². The molecule has 0 radical (unpaired) electrons. The minimum Gasteiger partial charge on any atom is -0.354 e. The number of carbonyl (C=O) groups excluding carboxylic acids is 2. The van der Waals surface area contributed by atoms with Crippen LogP contribution in [0.5, 0.6) is 0 Å². The molecular formula is C35H38BrN3O4S. The molecule has 0 aliphatic heterocycles. The summed E-state index contributed by atoms with van der Waals surface area (Å²) in [6, 6.07) is 31.5. The summed E-state index contributed by atoms with van der Waals surface area (Å²) >= 11 is 3.46. The molecule has 4 aromatic rings. The number of halogens is 1. The first kappa shape index (κ1) is 33.0. The van der Waals surface area contributed by atoms with E-state index >= 15 is 0 Å². The largest absolute Gasteiger partial charge is 0.354 e. The molecule has 0 aliphatic carbocycles. The average Bonchev–Trinajstić information content (AvgIpc) is 3.05. The van der Waals surface area contributed by atoms with E-state index in [1.165, 1.54) is 21.3 Å². The van der Waals surface area contributed by atoms with Crippen molar-refractivity contribution in [2.24, 2.45) is 0 Å². The number of nitrogens with one attached hydrogen (secondary N) is 1. The molecule has 0 aromatic heterocycles. The van der Waals surface area contributed by atoms with Crippen molar-refractivity contribution in [3.05, 3.63) is 130 Å². The summed E-state index contributed by atoms with van der Waals surface area (Å²) in [7, 11) is -4.13. The molecular weight excluding hydrogens is 638 g/mol. The molecule has 0 bridgehead atoms. The molecule has 0 saturated carbocycles. The second kappa shape index (κ2) is 15.7. The van der Waals surface area contributed by atoms with E-state index in [9.17, 15) is 18.0 Å². The maximum absolute atomic E-state index is 14.5. The van der Waals surface area contributed by atoms with Crippen molar-refractivity contribution in [2.45, 2.75) is 50.6 Å². The molecule has 4 aromatic carbocycles. The van der Waals surface area contributed by atoms with E-state index in [1.807, 2.05) is 80.6 Å². The minimum absolute atomic E-state index is 0.0830. The van der Waals surface area contributed by atoms with Gasteiger partial charge < -0.3 is 10.2 Å². The lowest BCUT2D eigenvalue weighted by molar-refractivity contribution is -0.140. The molecule has 0 saturated heterocycles. The van der Waals surface area contributed by atoms with Gasteiger partial charge in [-0.15, -0.1) is 0 Å². The first-order chi connectivity index (χ1) is 21.2. The number of nitrogens with zero attached hydrogens (tertiary/aromatic N) is 2. The summed E-state index contributed by atoms with van der Waals surface area (Å²) in [6.45, 7) is 4.02. The number of sulfonamides is 1. The van der Waals surface area contributed by atoms with Gasteiger partial charge in [0, 0.05) is 24.0 Å². The van der Waals surface area contributed by atoms with Crippen LogP contribution in [0.1, 0.15) is 37.0 Å². The van der Waals surface area contributed by atoms with E-state index in [4.69, 9.17) is 0 Å². The van der Waals surface area contributed by atoms with Gasteiger partial charge in [0.1, 0.15) is 12.6 Å². The van der Waals surface area contributed by atoms with Gasteiger partial charge in [0.05, 0.1) is 10.6 Å². The molecule has 0 fully saturated rings. The van der Waals surface area contributed by atoms with E-state index in [-0.39, 0.29) is 23.8 Å². The number of hydrogen-bond acceptors (Lipinski definition) is 4. The first-order valence-electron chi connectivity index (χ1n) is 14.8. The Hall–Kier alpha value is -3.95. The Morgan fingerprint density at radius 2 is 1.41 bits per heavy atom. The molecule has 1 atom stereocenters. The normalized spacial score (nSPS) is 11.9. The summed E-state index contributed by atoms with van der Waals surface area (Å²) < 4.78 is 30.4. The topological polar surface area (TPSA) is 86.8 Å². The Labute approximate surface area is 269 Å². The van der Waals surface area contributed by atoms with Crippen LogP contribution < -0.4 is 9.62 Å². The Morgan fingerprint density at radius 3 is 2.05 bits per heavy atom. The second-order valence-corrected chi connectivity index (χ2v) is 13.2. The van der Waals surface area contributed by atoms with Crippen LogP contribution >= 0.6 is 15.9 Å². The van der Waals surface area contributed by atoms with Gasteiger partial charge >= 0.3 is 0 Å². The number of aryl methyl sites for hydroxylation is 1. The Balaban J connectivity index is 1.81. The Kier molecular flexibility index (Phi) is 11.7. The van der Waals surface area contributed by atoms with Crippen molar-refractivity contribution in [1.29, 1.82) is 0 Å². The van der Waals surface area contributed by atoms with Gasteiger partial charge in [0.25, 0.3) is 10.0 Å². The maximum Gasteiger partial charge on any atom is 0.264 e. The van der Waals surface area contributed by atoms with Gasteiger partial charge in [-0.05, 0) is 59.9 Å². The summed E-state index contributed by atoms with van der Waals surface area (Å²) in [5.74, 6) is -0.765. The van der Waals surface area contributed by atoms with Crippen LogP contribution in [0.3, 0.4) is 0 Å². The molecule has 7 nitrogen and oxygen atoms in total. The number of hydrogen-bond donors (Lipinski definition) is 1. The molecule has 1 N–H and O–H groups in total. The highest BCUT2D eigenvalue weighted by Gasteiger charge is 2.35. The van der Waals surface area contributed by atoms with Gasteiger partial charge in [-0.25, -0.2) is 8.42 Å². The van der Waals surface area contributed by atoms with E-state index in [1.54, 1.807) is 30.3 Å². The molecule has 0 spiro atoms. The third kappa shape index (κ3) is 8.36. The fraction of sp³-hybridized carbons (Fsp3) is 0.257. The molecule has 9 heteroatoms.